The molecule has 1 atom stereocenters. The van der Waals surface area contributed by atoms with Crippen LogP contribution in [0.3, 0.4) is 0 Å². The Morgan fingerprint density at radius 1 is 1.56 bits per heavy atom. The second-order valence-electron chi connectivity index (χ2n) is 3.66. The molecule has 1 aromatic carbocycles. The molecule has 0 radical (unpaired) electrons. The van der Waals surface area contributed by atoms with Crippen molar-refractivity contribution in [2.24, 2.45) is 5.73 Å². The fourth-order valence-corrected chi connectivity index (χ4v) is 1.95. The summed E-state index contributed by atoms with van der Waals surface area (Å²) in [6.45, 7) is 0.550. The van der Waals surface area contributed by atoms with Crippen LogP contribution in [-0.4, -0.2) is 18.5 Å². The topological polar surface area (TPSA) is 70.1 Å². The van der Waals surface area contributed by atoms with E-state index in [0.717, 1.165) is 0 Å². The maximum atomic E-state index is 11.7. The zero-order chi connectivity index (χ0) is 11.7. The second-order valence-corrected chi connectivity index (χ2v) is 4.07. The Morgan fingerprint density at radius 2 is 2.31 bits per heavy atom. The zero-order valence-electron chi connectivity index (χ0n) is 8.48. The van der Waals surface area contributed by atoms with E-state index in [1.54, 1.807) is 18.2 Å². The first-order valence-electron chi connectivity index (χ1n) is 4.90. The molecule has 0 bridgehead atoms. The number of rotatable bonds is 1. The first-order chi connectivity index (χ1) is 7.63. The maximum Gasteiger partial charge on any atom is 0.244 e. The van der Waals surface area contributed by atoms with E-state index < -0.39 is 6.04 Å². The number of nitriles is 1. The SMILES string of the molecule is N#Cc1ccc(Cl)c(N2CCC(N)C2=O)c1. The van der Waals surface area contributed by atoms with Gasteiger partial charge >= 0.3 is 0 Å². The molecule has 0 aromatic heterocycles. The third-order valence-corrected chi connectivity index (χ3v) is 2.93. The Morgan fingerprint density at radius 3 is 2.88 bits per heavy atom. The lowest BCUT2D eigenvalue weighted by molar-refractivity contribution is -0.118. The van der Waals surface area contributed by atoms with Crippen LogP contribution in [0.4, 0.5) is 5.69 Å². The smallest absolute Gasteiger partial charge is 0.244 e. The van der Waals surface area contributed by atoms with E-state index in [0.29, 0.717) is 29.2 Å². The van der Waals surface area contributed by atoms with Crippen LogP contribution in [0.5, 0.6) is 0 Å². The van der Waals surface area contributed by atoms with Crippen molar-refractivity contribution in [3.63, 3.8) is 0 Å². The molecule has 5 heteroatoms. The van der Waals surface area contributed by atoms with Gasteiger partial charge in [0.25, 0.3) is 0 Å². The molecule has 2 rings (SSSR count). The van der Waals surface area contributed by atoms with E-state index in [4.69, 9.17) is 22.6 Å². The number of anilines is 1. The molecule has 1 unspecified atom stereocenters. The molecule has 0 spiro atoms. The van der Waals surface area contributed by atoms with Crippen LogP contribution in [-0.2, 0) is 4.79 Å². The second kappa shape index (κ2) is 4.12. The van der Waals surface area contributed by atoms with Crippen LogP contribution >= 0.6 is 11.6 Å². The minimum Gasteiger partial charge on any atom is -0.320 e. The van der Waals surface area contributed by atoms with Crippen molar-refractivity contribution in [3.05, 3.63) is 28.8 Å². The monoisotopic (exact) mass is 235 g/mol. The molecule has 1 aromatic rings. The van der Waals surface area contributed by atoms with Gasteiger partial charge in [-0.2, -0.15) is 5.26 Å². The normalized spacial score (nSPS) is 19.9. The summed E-state index contributed by atoms with van der Waals surface area (Å²) < 4.78 is 0. The number of hydrogen-bond acceptors (Lipinski definition) is 3. The molecule has 4 nitrogen and oxygen atoms in total. The number of halogens is 1. The van der Waals surface area contributed by atoms with Gasteiger partial charge in [-0.1, -0.05) is 11.6 Å². The third kappa shape index (κ3) is 1.75. The van der Waals surface area contributed by atoms with Gasteiger partial charge < -0.3 is 10.6 Å². The Balaban J connectivity index is 2.41. The number of amides is 1. The van der Waals surface area contributed by atoms with Crippen molar-refractivity contribution >= 4 is 23.2 Å². The molecular formula is C11H10ClN3O. The molecule has 1 saturated heterocycles. The lowest BCUT2D eigenvalue weighted by Crippen LogP contribution is -2.34. The predicted octanol–water partition coefficient (Wildman–Crippen LogP) is 1.28. The molecule has 0 saturated carbocycles. The highest BCUT2D eigenvalue weighted by molar-refractivity contribution is 6.34. The Hall–Kier alpha value is -1.57. The van der Waals surface area contributed by atoms with Gasteiger partial charge in [0, 0.05) is 6.54 Å². The van der Waals surface area contributed by atoms with E-state index >= 15 is 0 Å². The molecule has 1 aliphatic rings. The van der Waals surface area contributed by atoms with Gasteiger partial charge in [0.2, 0.25) is 5.91 Å². The molecule has 1 amide bonds. The summed E-state index contributed by atoms with van der Waals surface area (Å²) in [6.07, 6.45) is 0.617. The minimum atomic E-state index is -0.457. The van der Waals surface area contributed by atoms with Crippen LogP contribution in [0.1, 0.15) is 12.0 Å². The number of nitrogens with zero attached hydrogens (tertiary/aromatic N) is 2. The maximum absolute atomic E-state index is 11.7. The molecule has 16 heavy (non-hydrogen) atoms. The number of benzene rings is 1. The summed E-state index contributed by atoms with van der Waals surface area (Å²) in [6, 6.07) is 6.40. The van der Waals surface area contributed by atoms with Crippen molar-refractivity contribution in [3.8, 4) is 6.07 Å². The quantitative estimate of drug-likeness (QED) is 0.797. The summed E-state index contributed by atoms with van der Waals surface area (Å²) in [5.74, 6) is -0.142. The van der Waals surface area contributed by atoms with E-state index in [1.165, 1.54) is 4.90 Å². The van der Waals surface area contributed by atoms with Gasteiger partial charge in [-0.3, -0.25) is 4.79 Å². The van der Waals surface area contributed by atoms with Crippen LogP contribution < -0.4 is 10.6 Å². The van der Waals surface area contributed by atoms with Crippen LogP contribution in [0.25, 0.3) is 0 Å². The molecule has 2 N–H and O–H groups in total. The molecule has 1 aliphatic heterocycles. The highest BCUT2D eigenvalue weighted by atomic mass is 35.5. The Kier molecular flexibility index (Phi) is 2.82. The molecular weight excluding hydrogens is 226 g/mol. The summed E-state index contributed by atoms with van der Waals surface area (Å²) >= 11 is 6.00. The van der Waals surface area contributed by atoms with Gasteiger partial charge in [-0.05, 0) is 24.6 Å². The highest BCUT2D eigenvalue weighted by Gasteiger charge is 2.30. The van der Waals surface area contributed by atoms with Crippen LogP contribution in [0.15, 0.2) is 18.2 Å². The van der Waals surface area contributed by atoms with Crippen LogP contribution in [0, 0.1) is 11.3 Å². The van der Waals surface area contributed by atoms with E-state index in [2.05, 4.69) is 0 Å². The first kappa shape index (κ1) is 10.9. The summed E-state index contributed by atoms with van der Waals surface area (Å²) in [5, 5.41) is 9.25. The van der Waals surface area contributed by atoms with Crippen molar-refractivity contribution in [1.29, 1.82) is 5.26 Å². The van der Waals surface area contributed by atoms with Gasteiger partial charge in [-0.15, -0.1) is 0 Å². The average molecular weight is 236 g/mol. The zero-order valence-corrected chi connectivity index (χ0v) is 9.24. The summed E-state index contributed by atoms with van der Waals surface area (Å²) in [4.78, 5) is 13.3. The van der Waals surface area contributed by atoms with Crippen LogP contribution in [0.2, 0.25) is 5.02 Å². The van der Waals surface area contributed by atoms with E-state index in [9.17, 15) is 4.79 Å². The first-order valence-corrected chi connectivity index (χ1v) is 5.28. The van der Waals surface area contributed by atoms with E-state index in [-0.39, 0.29) is 5.91 Å². The minimum absolute atomic E-state index is 0.142. The fourth-order valence-electron chi connectivity index (χ4n) is 1.73. The van der Waals surface area contributed by atoms with Gasteiger partial charge in [-0.25, -0.2) is 0 Å². The molecule has 1 heterocycles. The van der Waals surface area contributed by atoms with Crippen molar-refractivity contribution < 1.29 is 4.79 Å². The Labute approximate surface area is 98.2 Å². The van der Waals surface area contributed by atoms with Gasteiger partial charge in [0.05, 0.1) is 28.4 Å². The van der Waals surface area contributed by atoms with Gasteiger partial charge in [0.1, 0.15) is 0 Å². The van der Waals surface area contributed by atoms with E-state index in [1.807, 2.05) is 6.07 Å². The average Bonchev–Trinajstić information content (AvgIpc) is 2.61. The van der Waals surface area contributed by atoms with Crippen molar-refractivity contribution in [2.75, 3.05) is 11.4 Å². The molecule has 1 fully saturated rings. The third-order valence-electron chi connectivity index (χ3n) is 2.61. The summed E-state index contributed by atoms with van der Waals surface area (Å²) in [5.41, 5.74) is 6.67. The van der Waals surface area contributed by atoms with Gasteiger partial charge in [0.15, 0.2) is 0 Å². The highest BCUT2D eigenvalue weighted by Crippen LogP contribution is 2.29. The number of hydrogen-bond donors (Lipinski definition) is 1. The predicted molar refractivity (Wildman–Crippen MR) is 61.1 cm³/mol. The molecule has 82 valence electrons. The van der Waals surface area contributed by atoms with Crippen molar-refractivity contribution in [2.45, 2.75) is 12.5 Å². The largest absolute Gasteiger partial charge is 0.320 e. The number of nitrogens with two attached hydrogens (primary N) is 1. The number of carbonyl (C=O) groups excluding carboxylic acids is 1. The molecule has 0 aliphatic carbocycles. The standard InChI is InChI=1S/C11H10ClN3O/c12-8-2-1-7(6-13)5-10(8)15-4-3-9(14)11(15)16/h1-2,5,9H,3-4,14H2. The summed E-state index contributed by atoms with van der Waals surface area (Å²) in [7, 11) is 0. The fraction of sp³-hybridized carbons (Fsp3) is 0.273. The number of carbonyl (C=O) groups is 1. The lowest BCUT2D eigenvalue weighted by Gasteiger charge is -2.17. The lowest BCUT2D eigenvalue weighted by atomic mass is 10.2. The Bertz CT molecular complexity index is 481. The van der Waals surface area contributed by atoms with Crippen molar-refractivity contribution in [1.82, 2.24) is 0 Å².